The molecule has 1 fully saturated rings. The number of nitrogens with zero attached hydrogens (tertiary/aromatic N) is 1. The van der Waals surface area contributed by atoms with E-state index >= 15 is 0 Å². The molecule has 0 aromatic carbocycles. The van der Waals surface area contributed by atoms with Crippen LogP contribution in [0.3, 0.4) is 0 Å². The minimum absolute atomic E-state index is 0.186. The van der Waals surface area contributed by atoms with E-state index in [0.29, 0.717) is 6.04 Å². The van der Waals surface area contributed by atoms with Gasteiger partial charge >= 0.3 is 0 Å². The highest BCUT2D eigenvalue weighted by atomic mass is 16.5. The first-order chi connectivity index (χ1) is 8.12. The van der Waals surface area contributed by atoms with Gasteiger partial charge in [-0.1, -0.05) is 13.3 Å². The Morgan fingerprint density at radius 1 is 1.24 bits per heavy atom. The van der Waals surface area contributed by atoms with E-state index in [1.54, 1.807) is 7.11 Å². The van der Waals surface area contributed by atoms with Gasteiger partial charge in [-0.25, -0.2) is 0 Å². The molecule has 0 aromatic rings. The van der Waals surface area contributed by atoms with E-state index in [2.05, 4.69) is 31.0 Å². The zero-order valence-corrected chi connectivity index (χ0v) is 12.1. The molecule has 0 spiro atoms. The van der Waals surface area contributed by atoms with Crippen LogP contribution < -0.4 is 5.32 Å². The Morgan fingerprint density at radius 3 is 2.41 bits per heavy atom. The van der Waals surface area contributed by atoms with Crippen LogP contribution in [0.25, 0.3) is 0 Å². The molecule has 3 nitrogen and oxygen atoms in total. The zero-order chi connectivity index (χ0) is 12.7. The lowest BCUT2D eigenvalue weighted by atomic mass is 9.90. The molecule has 0 aliphatic carbocycles. The van der Waals surface area contributed by atoms with E-state index < -0.39 is 0 Å². The second-order valence-corrected chi connectivity index (χ2v) is 5.66. The van der Waals surface area contributed by atoms with E-state index in [4.69, 9.17) is 4.74 Å². The number of methoxy groups -OCH3 is 1. The summed E-state index contributed by atoms with van der Waals surface area (Å²) < 4.78 is 5.39. The number of nitrogens with one attached hydrogen (secondary N) is 1. The largest absolute Gasteiger partial charge is 0.383 e. The standard InChI is InChI=1S/C14H30N2O/c1-5-9-15-13(12-17-4)14(2,3)16-10-7-6-8-11-16/h13,15H,5-12H2,1-4H3. The van der Waals surface area contributed by atoms with Gasteiger partial charge in [0.15, 0.2) is 0 Å². The summed E-state index contributed by atoms with van der Waals surface area (Å²) in [5, 5.41) is 3.64. The summed E-state index contributed by atoms with van der Waals surface area (Å²) in [5.74, 6) is 0. The molecule has 1 aliphatic heterocycles. The monoisotopic (exact) mass is 242 g/mol. The Morgan fingerprint density at radius 2 is 1.88 bits per heavy atom. The summed E-state index contributed by atoms with van der Waals surface area (Å²) in [6.45, 7) is 11.3. The van der Waals surface area contributed by atoms with E-state index in [1.807, 2.05) is 0 Å². The van der Waals surface area contributed by atoms with Crippen molar-refractivity contribution in [2.45, 2.75) is 58.0 Å². The van der Waals surface area contributed by atoms with Gasteiger partial charge in [0.25, 0.3) is 0 Å². The molecular formula is C14H30N2O. The van der Waals surface area contributed by atoms with Crippen LogP contribution in [0.15, 0.2) is 0 Å². The number of hydrogen-bond donors (Lipinski definition) is 1. The Bertz CT molecular complexity index is 200. The van der Waals surface area contributed by atoms with Crippen molar-refractivity contribution in [3.63, 3.8) is 0 Å². The van der Waals surface area contributed by atoms with Gasteiger partial charge in [-0.3, -0.25) is 4.90 Å². The Balaban J connectivity index is 2.60. The molecule has 1 unspecified atom stereocenters. The fourth-order valence-electron chi connectivity index (χ4n) is 2.69. The number of ether oxygens (including phenoxy) is 1. The van der Waals surface area contributed by atoms with Crippen LogP contribution >= 0.6 is 0 Å². The van der Waals surface area contributed by atoms with E-state index in [-0.39, 0.29) is 5.54 Å². The third-order valence-electron chi connectivity index (χ3n) is 4.00. The van der Waals surface area contributed by atoms with Crippen molar-refractivity contribution in [2.24, 2.45) is 0 Å². The van der Waals surface area contributed by atoms with Crippen LogP contribution in [0.2, 0.25) is 0 Å². The van der Waals surface area contributed by atoms with Gasteiger partial charge in [0.05, 0.1) is 6.61 Å². The molecule has 1 rings (SSSR count). The highest BCUT2D eigenvalue weighted by Crippen LogP contribution is 2.24. The molecule has 0 saturated carbocycles. The highest BCUT2D eigenvalue weighted by Gasteiger charge is 2.35. The molecule has 0 bridgehead atoms. The second-order valence-electron chi connectivity index (χ2n) is 5.66. The number of likely N-dealkylation sites (tertiary alicyclic amines) is 1. The maximum Gasteiger partial charge on any atom is 0.0633 e. The number of hydrogen-bond acceptors (Lipinski definition) is 3. The fraction of sp³-hybridized carbons (Fsp3) is 1.00. The molecule has 102 valence electrons. The molecule has 3 heteroatoms. The van der Waals surface area contributed by atoms with Crippen LogP contribution in [0.1, 0.15) is 46.5 Å². The van der Waals surface area contributed by atoms with Crippen molar-refractivity contribution < 1.29 is 4.74 Å². The predicted molar refractivity (Wildman–Crippen MR) is 73.5 cm³/mol. The van der Waals surface area contributed by atoms with Crippen LogP contribution in [-0.4, -0.2) is 49.8 Å². The van der Waals surface area contributed by atoms with Crippen molar-refractivity contribution in [1.82, 2.24) is 10.2 Å². The van der Waals surface area contributed by atoms with Crippen LogP contribution in [0.4, 0.5) is 0 Å². The summed E-state index contributed by atoms with van der Waals surface area (Å²) in [4.78, 5) is 2.63. The van der Waals surface area contributed by atoms with Crippen LogP contribution in [-0.2, 0) is 4.74 Å². The molecule has 0 amide bonds. The second kappa shape index (κ2) is 7.34. The maximum absolute atomic E-state index is 5.39. The van der Waals surface area contributed by atoms with E-state index in [1.165, 1.54) is 38.8 Å². The van der Waals surface area contributed by atoms with Crippen molar-refractivity contribution in [3.8, 4) is 0 Å². The van der Waals surface area contributed by atoms with Gasteiger partial charge in [-0.2, -0.15) is 0 Å². The molecule has 1 N–H and O–H groups in total. The van der Waals surface area contributed by atoms with Crippen molar-refractivity contribution in [1.29, 1.82) is 0 Å². The Kier molecular flexibility index (Phi) is 6.45. The van der Waals surface area contributed by atoms with Crippen molar-refractivity contribution >= 4 is 0 Å². The zero-order valence-electron chi connectivity index (χ0n) is 12.1. The van der Waals surface area contributed by atoms with Gasteiger partial charge in [0, 0.05) is 18.7 Å². The SMILES string of the molecule is CCCNC(COC)C(C)(C)N1CCCCC1. The van der Waals surface area contributed by atoms with Crippen LogP contribution in [0, 0.1) is 0 Å². The minimum Gasteiger partial charge on any atom is -0.383 e. The third-order valence-corrected chi connectivity index (χ3v) is 4.00. The lowest BCUT2D eigenvalue weighted by Crippen LogP contribution is -2.60. The van der Waals surface area contributed by atoms with Crippen LogP contribution in [0.5, 0.6) is 0 Å². The molecule has 1 heterocycles. The van der Waals surface area contributed by atoms with Crippen molar-refractivity contribution in [2.75, 3.05) is 33.4 Å². The summed E-state index contributed by atoms with van der Waals surface area (Å²) in [5.41, 5.74) is 0.186. The first kappa shape index (κ1) is 14.9. The minimum atomic E-state index is 0.186. The van der Waals surface area contributed by atoms with Gasteiger partial charge in [0.1, 0.15) is 0 Å². The number of piperidine rings is 1. The third kappa shape index (κ3) is 4.23. The van der Waals surface area contributed by atoms with E-state index in [0.717, 1.165) is 13.2 Å². The summed E-state index contributed by atoms with van der Waals surface area (Å²) in [6, 6.07) is 0.422. The molecule has 0 aromatic heterocycles. The quantitative estimate of drug-likeness (QED) is 0.741. The predicted octanol–water partition coefficient (Wildman–Crippen LogP) is 2.27. The molecular weight excluding hydrogens is 212 g/mol. The molecule has 1 saturated heterocycles. The Hall–Kier alpha value is -0.120. The van der Waals surface area contributed by atoms with Gasteiger partial charge in [-0.15, -0.1) is 0 Å². The topological polar surface area (TPSA) is 24.5 Å². The van der Waals surface area contributed by atoms with Gasteiger partial charge in [-0.05, 0) is 52.7 Å². The summed E-state index contributed by atoms with van der Waals surface area (Å²) in [6.07, 6.45) is 5.26. The Labute approximate surface area is 107 Å². The average Bonchev–Trinajstić information content (AvgIpc) is 2.35. The van der Waals surface area contributed by atoms with Gasteiger partial charge < -0.3 is 10.1 Å². The maximum atomic E-state index is 5.39. The molecule has 1 atom stereocenters. The van der Waals surface area contributed by atoms with Gasteiger partial charge in [0.2, 0.25) is 0 Å². The molecule has 0 radical (unpaired) electrons. The smallest absolute Gasteiger partial charge is 0.0633 e. The first-order valence-electron chi connectivity index (χ1n) is 7.10. The first-order valence-corrected chi connectivity index (χ1v) is 7.10. The normalized spacial score (nSPS) is 20.5. The highest BCUT2D eigenvalue weighted by molar-refractivity contribution is 4.94. The fourth-order valence-corrected chi connectivity index (χ4v) is 2.69. The summed E-state index contributed by atoms with van der Waals surface area (Å²) >= 11 is 0. The molecule has 17 heavy (non-hydrogen) atoms. The average molecular weight is 242 g/mol. The summed E-state index contributed by atoms with van der Waals surface area (Å²) in [7, 11) is 1.80. The molecule has 1 aliphatic rings. The lowest BCUT2D eigenvalue weighted by molar-refractivity contribution is 0.0282. The van der Waals surface area contributed by atoms with Crippen molar-refractivity contribution in [3.05, 3.63) is 0 Å². The number of rotatable bonds is 7. The lowest BCUT2D eigenvalue weighted by Gasteiger charge is -2.46. The van der Waals surface area contributed by atoms with E-state index in [9.17, 15) is 0 Å².